The number of anilines is 1. The number of hydrogen-bond donors (Lipinski definition) is 1. The first-order valence-corrected chi connectivity index (χ1v) is 8.06. The highest BCUT2D eigenvalue weighted by molar-refractivity contribution is 7.80. The molecule has 1 aliphatic rings. The molecule has 0 fully saturated rings. The van der Waals surface area contributed by atoms with Gasteiger partial charge in [-0.25, -0.2) is 0 Å². The minimum Gasteiger partial charge on any atom is -0.486 e. The number of halogens is 1. The maximum atomic E-state index is 5.88. The molecule has 1 aliphatic heterocycles. The number of hydrogen-bond acceptors (Lipinski definition) is 3. The zero-order valence-corrected chi connectivity index (χ0v) is 14.3. The van der Waals surface area contributed by atoms with Crippen LogP contribution in [0.15, 0.2) is 42.5 Å². The van der Waals surface area contributed by atoms with Crippen LogP contribution in [-0.4, -0.2) is 30.3 Å². The van der Waals surface area contributed by atoms with E-state index in [4.69, 9.17) is 33.3 Å². The van der Waals surface area contributed by atoms with Crippen molar-refractivity contribution < 1.29 is 9.47 Å². The molecular weight excluding hydrogens is 332 g/mol. The standard InChI is InChI=1S/C17H17ClN2O2S/c1-20(17(23)19-14-5-3-13(18)4-6-14)11-12-2-7-15-16(10-12)22-9-8-21-15/h2-7,10H,8-9,11H2,1H3,(H,19,23). The highest BCUT2D eigenvalue weighted by Crippen LogP contribution is 2.31. The number of thiocarbonyl (C=S) groups is 1. The van der Waals surface area contributed by atoms with Gasteiger partial charge in [0.15, 0.2) is 16.6 Å². The van der Waals surface area contributed by atoms with Gasteiger partial charge in [0.1, 0.15) is 13.2 Å². The van der Waals surface area contributed by atoms with Crippen molar-refractivity contribution in [2.45, 2.75) is 6.54 Å². The summed E-state index contributed by atoms with van der Waals surface area (Å²) in [5.41, 5.74) is 2.02. The minimum atomic E-state index is 0.586. The monoisotopic (exact) mass is 348 g/mol. The number of nitrogens with zero attached hydrogens (tertiary/aromatic N) is 1. The van der Waals surface area contributed by atoms with E-state index in [-0.39, 0.29) is 0 Å². The van der Waals surface area contributed by atoms with Crippen molar-refractivity contribution in [1.82, 2.24) is 4.90 Å². The van der Waals surface area contributed by atoms with Gasteiger partial charge >= 0.3 is 0 Å². The molecular formula is C17H17ClN2O2S. The molecule has 2 aromatic rings. The van der Waals surface area contributed by atoms with Crippen molar-refractivity contribution >= 4 is 34.6 Å². The van der Waals surface area contributed by atoms with Crippen LogP contribution in [0.1, 0.15) is 5.56 Å². The number of rotatable bonds is 3. The number of fused-ring (bicyclic) bond motifs is 1. The molecule has 0 spiro atoms. The SMILES string of the molecule is CN(Cc1ccc2c(c1)OCCO2)C(=S)Nc1ccc(Cl)cc1. The predicted octanol–water partition coefficient (Wildman–Crippen LogP) is 3.94. The zero-order valence-electron chi connectivity index (χ0n) is 12.7. The van der Waals surface area contributed by atoms with Crippen molar-refractivity contribution in [3.8, 4) is 11.5 Å². The molecule has 0 aromatic heterocycles. The van der Waals surface area contributed by atoms with Crippen LogP contribution in [0.3, 0.4) is 0 Å². The minimum absolute atomic E-state index is 0.586. The highest BCUT2D eigenvalue weighted by Gasteiger charge is 2.13. The number of benzene rings is 2. The van der Waals surface area contributed by atoms with Gasteiger partial charge in [-0.05, 0) is 54.2 Å². The van der Waals surface area contributed by atoms with E-state index in [1.807, 2.05) is 54.4 Å². The smallest absolute Gasteiger partial charge is 0.173 e. The van der Waals surface area contributed by atoms with Crippen LogP contribution >= 0.6 is 23.8 Å². The van der Waals surface area contributed by atoms with Crippen LogP contribution in [0, 0.1) is 0 Å². The Morgan fingerprint density at radius 3 is 2.57 bits per heavy atom. The van der Waals surface area contributed by atoms with E-state index >= 15 is 0 Å². The summed E-state index contributed by atoms with van der Waals surface area (Å²) in [4.78, 5) is 1.97. The Labute approximate surface area is 146 Å². The molecule has 2 aromatic carbocycles. The lowest BCUT2D eigenvalue weighted by atomic mass is 10.2. The first-order valence-electron chi connectivity index (χ1n) is 7.28. The van der Waals surface area contributed by atoms with Crippen molar-refractivity contribution in [2.75, 3.05) is 25.6 Å². The molecule has 0 saturated carbocycles. The molecule has 0 amide bonds. The van der Waals surface area contributed by atoms with E-state index in [0.29, 0.717) is 29.9 Å². The van der Waals surface area contributed by atoms with Gasteiger partial charge in [-0.15, -0.1) is 0 Å². The summed E-state index contributed by atoms with van der Waals surface area (Å²) in [5.74, 6) is 1.59. The fourth-order valence-electron chi connectivity index (χ4n) is 2.28. The zero-order chi connectivity index (χ0) is 16.2. The summed E-state index contributed by atoms with van der Waals surface area (Å²) in [7, 11) is 1.95. The Morgan fingerprint density at radius 1 is 1.13 bits per heavy atom. The molecule has 0 atom stereocenters. The Kier molecular flexibility index (Phi) is 4.88. The van der Waals surface area contributed by atoms with Crippen LogP contribution in [-0.2, 0) is 6.54 Å². The third kappa shape index (κ3) is 4.06. The molecule has 120 valence electrons. The first kappa shape index (κ1) is 15.9. The predicted molar refractivity (Wildman–Crippen MR) is 96.6 cm³/mol. The molecule has 0 radical (unpaired) electrons. The molecule has 0 saturated heterocycles. The third-order valence-electron chi connectivity index (χ3n) is 3.47. The normalized spacial score (nSPS) is 12.6. The average Bonchev–Trinajstić information content (AvgIpc) is 2.56. The van der Waals surface area contributed by atoms with Crippen LogP contribution in [0.5, 0.6) is 11.5 Å². The lowest BCUT2D eigenvalue weighted by Crippen LogP contribution is -2.30. The summed E-state index contributed by atoms with van der Waals surface area (Å²) in [5, 5.41) is 4.54. The van der Waals surface area contributed by atoms with E-state index in [0.717, 1.165) is 22.7 Å². The van der Waals surface area contributed by atoms with Gasteiger partial charge in [-0.2, -0.15) is 0 Å². The van der Waals surface area contributed by atoms with E-state index in [2.05, 4.69) is 5.32 Å². The molecule has 1 N–H and O–H groups in total. The Hall–Kier alpha value is -1.98. The molecule has 0 unspecified atom stereocenters. The maximum absolute atomic E-state index is 5.88. The van der Waals surface area contributed by atoms with Gasteiger partial charge in [0.25, 0.3) is 0 Å². The lowest BCUT2D eigenvalue weighted by molar-refractivity contribution is 0.171. The molecule has 0 aliphatic carbocycles. The van der Waals surface area contributed by atoms with E-state index < -0.39 is 0 Å². The van der Waals surface area contributed by atoms with Gasteiger partial charge in [0.2, 0.25) is 0 Å². The Bertz CT molecular complexity index is 706. The summed E-state index contributed by atoms with van der Waals surface area (Å²) >= 11 is 11.3. The van der Waals surface area contributed by atoms with Crippen LogP contribution in [0.4, 0.5) is 5.69 Å². The summed E-state index contributed by atoms with van der Waals surface area (Å²) < 4.78 is 11.1. The topological polar surface area (TPSA) is 33.7 Å². The molecule has 0 bridgehead atoms. The largest absolute Gasteiger partial charge is 0.486 e. The second kappa shape index (κ2) is 7.06. The molecule has 3 rings (SSSR count). The molecule has 23 heavy (non-hydrogen) atoms. The third-order valence-corrected chi connectivity index (χ3v) is 4.13. The van der Waals surface area contributed by atoms with E-state index in [9.17, 15) is 0 Å². The summed E-state index contributed by atoms with van der Waals surface area (Å²) in [6.07, 6.45) is 0. The number of ether oxygens (including phenoxy) is 2. The highest BCUT2D eigenvalue weighted by atomic mass is 35.5. The van der Waals surface area contributed by atoms with Crippen LogP contribution < -0.4 is 14.8 Å². The van der Waals surface area contributed by atoms with Gasteiger partial charge in [-0.1, -0.05) is 17.7 Å². The quantitative estimate of drug-likeness (QED) is 0.850. The van der Waals surface area contributed by atoms with Gasteiger partial charge in [0.05, 0.1) is 0 Å². The fraction of sp³-hybridized carbons (Fsp3) is 0.235. The summed E-state index contributed by atoms with van der Waals surface area (Å²) in [6, 6.07) is 13.4. The van der Waals surface area contributed by atoms with Gasteiger partial charge in [0, 0.05) is 24.3 Å². The fourth-order valence-corrected chi connectivity index (χ4v) is 2.59. The van der Waals surface area contributed by atoms with Gasteiger partial charge in [-0.3, -0.25) is 0 Å². The van der Waals surface area contributed by atoms with Crippen LogP contribution in [0.25, 0.3) is 0 Å². The second-order valence-corrected chi connectivity index (χ2v) is 6.09. The molecule has 4 nitrogen and oxygen atoms in total. The van der Waals surface area contributed by atoms with Crippen molar-refractivity contribution in [2.24, 2.45) is 0 Å². The maximum Gasteiger partial charge on any atom is 0.173 e. The second-order valence-electron chi connectivity index (χ2n) is 5.27. The van der Waals surface area contributed by atoms with E-state index in [1.54, 1.807) is 0 Å². The van der Waals surface area contributed by atoms with Gasteiger partial charge < -0.3 is 19.7 Å². The van der Waals surface area contributed by atoms with E-state index in [1.165, 1.54) is 0 Å². The Balaban J connectivity index is 1.62. The average molecular weight is 349 g/mol. The summed E-state index contributed by atoms with van der Waals surface area (Å²) in [6.45, 7) is 1.86. The number of nitrogens with one attached hydrogen (secondary N) is 1. The first-order chi connectivity index (χ1) is 11.1. The van der Waals surface area contributed by atoms with Crippen molar-refractivity contribution in [1.29, 1.82) is 0 Å². The molecule has 1 heterocycles. The lowest BCUT2D eigenvalue weighted by Gasteiger charge is -2.23. The molecule has 6 heteroatoms. The van der Waals surface area contributed by atoms with Crippen molar-refractivity contribution in [3.63, 3.8) is 0 Å². The van der Waals surface area contributed by atoms with Crippen molar-refractivity contribution in [3.05, 3.63) is 53.1 Å². The van der Waals surface area contributed by atoms with Crippen LogP contribution in [0.2, 0.25) is 5.02 Å². The Morgan fingerprint density at radius 2 is 1.83 bits per heavy atom.